The standard InChI is InChI=1S/C7H8N2O6S2/c10-16(11,12)7(17(13,14)15)9-8-6-4-2-1-3-5-6/h1-5,8H,(H,10,11,12)(H,13,14,15). The summed E-state index contributed by atoms with van der Waals surface area (Å²) in [5.41, 5.74) is 2.34. The minimum atomic E-state index is -5.14. The number of rotatable bonds is 2. The van der Waals surface area contributed by atoms with Gasteiger partial charge in [0.05, 0.1) is 5.69 Å². The highest BCUT2D eigenvalue weighted by atomic mass is 32.3. The van der Waals surface area contributed by atoms with E-state index < -0.39 is 24.6 Å². The largest absolute Gasteiger partial charge is 0.327 e. The van der Waals surface area contributed by atoms with Crippen molar-refractivity contribution in [3.63, 3.8) is 0 Å². The molecule has 0 aliphatic carbocycles. The molecule has 8 nitrogen and oxygen atoms in total. The van der Waals surface area contributed by atoms with Crippen LogP contribution in [0.5, 0.6) is 0 Å². The molecule has 0 heterocycles. The lowest BCUT2D eigenvalue weighted by molar-refractivity contribution is 0.491. The zero-order valence-corrected chi connectivity index (χ0v) is 9.81. The van der Waals surface area contributed by atoms with Crippen molar-refractivity contribution in [3.8, 4) is 0 Å². The van der Waals surface area contributed by atoms with E-state index in [-0.39, 0.29) is 5.69 Å². The summed E-state index contributed by atoms with van der Waals surface area (Å²) >= 11 is 0. The van der Waals surface area contributed by atoms with Crippen molar-refractivity contribution >= 4 is 30.3 Å². The van der Waals surface area contributed by atoms with Crippen molar-refractivity contribution in [2.24, 2.45) is 5.10 Å². The van der Waals surface area contributed by atoms with Crippen molar-refractivity contribution in [2.45, 2.75) is 0 Å². The Morgan fingerprint density at radius 3 is 1.88 bits per heavy atom. The third-order valence-electron chi connectivity index (χ3n) is 1.49. The Bertz CT molecular complexity index is 586. The molecule has 0 saturated carbocycles. The summed E-state index contributed by atoms with van der Waals surface area (Å²) in [7, 11) is -10.3. The van der Waals surface area contributed by atoms with Gasteiger partial charge < -0.3 is 0 Å². The van der Waals surface area contributed by atoms with Crippen molar-refractivity contribution < 1.29 is 25.9 Å². The molecule has 0 atom stereocenters. The predicted molar refractivity (Wildman–Crippen MR) is 60.6 cm³/mol. The molecule has 0 aromatic heterocycles. The first-order chi connectivity index (χ1) is 7.71. The second-order valence-electron chi connectivity index (χ2n) is 2.81. The van der Waals surface area contributed by atoms with Crippen LogP contribution in [0.2, 0.25) is 0 Å². The quantitative estimate of drug-likeness (QED) is 0.304. The summed E-state index contributed by atoms with van der Waals surface area (Å²) < 4.78 is 57.9. The number of benzene rings is 1. The van der Waals surface area contributed by atoms with Crippen LogP contribution in [-0.4, -0.2) is 30.3 Å². The fraction of sp³-hybridized carbons (Fsp3) is 0. The number of hydrogen-bond acceptors (Lipinski definition) is 6. The molecule has 10 heteroatoms. The van der Waals surface area contributed by atoms with Gasteiger partial charge in [0.25, 0.3) is 0 Å². The Morgan fingerprint density at radius 2 is 1.47 bits per heavy atom. The molecule has 17 heavy (non-hydrogen) atoms. The molecule has 3 N–H and O–H groups in total. The highest BCUT2D eigenvalue weighted by Crippen LogP contribution is 2.06. The maximum Gasteiger partial charge on any atom is 0.327 e. The number of hydrogen-bond donors (Lipinski definition) is 3. The number of hydrazone groups is 1. The zero-order valence-electron chi connectivity index (χ0n) is 8.18. The molecule has 1 aromatic rings. The summed E-state index contributed by atoms with van der Waals surface area (Å²) in [6.07, 6.45) is 0. The predicted octanol–water partition coefficient (Wildman–Crippen LogP) is 0.145. The summed E-state index contributed by atoms with van der Waals surface area (Å²) in [6.45, 7) is 0. The normalized spacial score (nSPS) is 11.9. The van der Waals surface area contributed by atoms with Crippen molar-refractivity contribution in [1.29, 1.82) is 0 Å². The van der Waals surface area contributed by atoms with E-state index in [2.05, 4.69) is 10.5 Å². The Labute approximate surface area is 97.5 Å². The van der Waals surface area contributed by atoms with Gasteiger partial charge in [-0.25, -0.2) is 0 Å². The molecule has 94 valence electrons. The van der Waals surface area contributed by atoms with Gasteiger partial charge in [-0.05, 0) is 12.1 Å². The molecule has 1 aromatic carbocycles. The van der Waals surface area contributed by atoms with Crippen LogP contribution in [0.25, 0.3) is 0 Å². The fourth-order valence-electron chi connectivity index (χ4n) is 0.871. The van der Waals surface area contributed by atoms with Gasteiger partial charge in [-0.1, -0.05) is 18.2 Å². The topological polar surface area (TPSA) is 133 Å². The van der Waals surface area contributed by atoms with Gasteiger partial charge in [0.15, 0.2) is 0 Å². The van der Waals surface area contributed by atoms with Crippen LogP contribution in [0, 0.1) is 0 Å². The smallest absolute Gasteiger partial charge is 0.280 e. The van der Waals surface area contributed by atoms with Gasteiger partial charge in [-0.3, -0.25) is 14.5 Å². The first-order valence-corrected chi connectivity index (χ1v) is 6.93. The number of para-hydroxylation sites is 1. The van der Waals surface area contributed by atoms with Crippen molar-refractivity contribution in [1.82, 2.24) is 0 Å². The van der Waals surface area contributed by atoms with E-state index in [0.717, 1.165) is 0 Å². The van der Waals surface area contributed by atoms with E-state index >= 15 is 0 Å². The van der Waals surface area contributed by atoms with E-state index in [1.807, 2.05) is 0 Å². The first-order valence-electron chi connectivity index (χ1n) is 4.05. The van der Waals surface area contributed by atoms with Gasteiger partial charge in [0.2, 0.25) is 0 Å². The van der Waals surface area contributed by atoms with Crippen LogP contribution in [-0.2, 0) is 20.2 Å². The monoisotopic (exact) mass is 280 g/mol. The second-order valence-corrected chi connectivity index (χ2v) is 5.74. The Morgan fingerprint density at radius 1 is 1.00 bits per heavy atom. The maximum absolute atomic E-state index is 10.6. The van der Waals surface area contributed by atoms with E-state index in [0.29, 0.717) is 0 Å². The SMILES string of the molecule is O=S(=O)(O)C(=NNc1ccccc1)S(=O)(=O)O. The zero-order chi connectivity index (χ0) is 13.1. The summed E-state index contributed by atoms with van der Waals surface area (Å²) in [5.74, 6) is 0. The van der Waals surface area contributed by atoms with Crippen molar-refractivity contribution in [2.75, 3.05) is 5.43 Å². The third-order valence-corrected chi connectivity index (χ3v) is 3.82. The van der Waals surface area contributed by atoms with Crippen LogP contribution < -0.4 is 5.43 Å². The van der Waals surface area contributed by atoms with E-state index in [1.165, 1.54) is 12.1 Å². The Hall–Kier alpha value is -1.49. The van der Waals surface area contributed by atoms with Gasteiger partial charge in [0, 0.05) is 0 Å². The molecule has 1 rings (SSSR count). The summed E-state index contributed by atoms with van der Waals surface area (Å²) in [6, 6.07) is 7.77. The molecule has 0 amide bonds. The molecule has 0 aliphatic rings. The van der Waals surface area contributed by atoms with Crippen LogP contribution in [0.1, 0.15) is 0 Å². The second kappa shape index (κ2) is 4.79. The Balaban J connectivity index is 3.11. The maximum atomic E-state index is 10.6. The molecule has 0 aliphatic heterocycles. The van der Waals surface area contributed by atoms with Gasteiger partial charge >= 0.3 is 24.6 Å². The molecular formula is C7H8N2O6S2. The highest BCUT2D eigenvalue weighted by Gasteiger charge is 2.30. The lowest BCUT2D eigenvalue weighted by Crippen LogP contribution is -2.24. The molecule has 0 radical (unpaired) electrons. The molecule has 0 spiro atoms. The fourth-order valence-corrected chi connectivity index (χ4v) is 2.26. The van der Waals surface area contributed by atoms with Crippen LogP contribution in [0.3, 0.4) is 0 Å². The minimum Gasteiger partial charge on any atom is -0.280 e. The van der Waals surface area contributed by atoms with Gasteiger partial charge in [0.1, 0.15) is 0 Å². The van der Waals surface area contributed by atoms with E-state index in [9.17, 15) is 16.8 Å². The average molecular weight is 280 g/mol. The summed E-state index contributed by atoms with van der Waals surface area (Å²) in [4.78, 5) is 0. The molecule has 0 saturated heterocycles. The Kier molecular flexibility index (Phi) is 3.83. The molecule has 0 unspecified atom stereocenters. The highest BCUT2D eigenvalue weighted by molar-refractivity contribution is 8.27. The molecular weight excluding hydrogens is 272 g/mol. The lowest BCUT2D eigenvalue weighted by atomic mass is 10.3. The number of nitrogens with zero attached hydrogens (tertiary/aromatic N) is 1. The molecule has 0 bridgehead atoms. The third kappa shape index (κ3) is 4.11. The van der Waals surface area contributed by atoms with Crippen LogP contribution >= 0.6 is 0 Å². The van der Waals surface area contributed by atoms with Crippen LogP contribution in [0.4, 0.5) is 5.69 Å². The average Bonchev–Trinajstić information content (AvgIpc) is 2.15. The molecule has 0 fully saturated rings. The van der Waals surface area contributed by atoms with E-state index in [1.54, 1.807) is 18.2 Å². The van der Waals surface area contributed by atoms with Gasteiger partial charge in [-0.15, -0.1) is 5.10 Å². The number of nitrogens with one attached hydrogen (secondary N) is 1. The minimum absolute atomic E-state index is 0.275. The lowest BCUT2D eigenvalue weighted by Gasteiger charge is -2.01. The summed E-state index contributed by atoms with van der Waals surface area (Å²) in [5, 5.41) is 2.93. The van der Waals surface area contributed by atoms with Crippen molar-refractivity contribution in [3.05, 3.63) is 30.3 Å². The van der Waals surface area contributed by atoms with E-state index in [4.69, 9.17) is 9.11 Å². The van der Waals surface area contributed by atoms with Gasteiger partial charge in [-0.2, -0.15) is 16.8 Å². The number of anilines is 1. The first kappa shape index (κ1) is 13.6. The van der Waals surface area contributed by atoms with Crippen LogP contribution in [0.15, 0.2) is 35.4 Å².